The molecule has 1 N–H and O–H groups in total. The molecular formula is C17H29N3O. The number of nitrogens with zero attached hydrogens (tertiary/aromatic N) is 2. The van der Waals surface area contributed by atoms with E-state index in [1.54, 1.807) is 0 Å². The van der Waals surface area contributed by atoms with E-state index >= 15 is 0 Å². The van der Waals surface area contributed by atoms with Crippen molar-refractivity contribution in [2.75, 3.05) is 32.8 Å². The van der Waals surface area contributed by atoms with Crippen molar-refractivity contribution in [2.45, 2.75) is 39.8 Å². The number of hydrogen-bond donors (Lipinski definition) is 1. The average Bonchev–Trinajstić information content (AvgIpc) is 2.49. The first-order valence-electron chi connectivity index (χ1n) is 8.09. The number of rotatable bonds is 7. The fourth-order valence-electron chi connectivity index (χ4n) is 2.82. The van der Waals surface area contributed by atoms with Crippen LogP contribution in [0.5, 0.6) is 0 Å². The van der Waals surface area contributed by atoms with E-state index in [9.17, 15) is 0 Å². The normalized spacial score (nSPS) is 18.1. The lowest BCUT2D eigenvalue weighted by Gasteiger charge is -2.35. The van der Waals surface area contributed by atoms with Gasteiger partial charge < -0.3 is 10.1 Å². The Balaban J connectivity index is 1.81. The first kappa shape index (κ1) is 16.4. The van der Waals surface area contributed by atoms with Gasteiger partial charge in [-0.2, -0.15) is 0 Å². The Morgan fingerprint density at radius 2 is 2.05 bits per heavy atom. The van der Waals surface area contributed by atoms with Crippen LogP contribution in [0.1, 0.15) is 31.5 Å². The SMILES string of the molecule is Cc1ccc(CNCC(CC(C)C)N2CCOCC2)nc1. The molecule has 0 bridgehead atoms. The molecule has 1 aromatic rings. The van der Waals surface area contributed by atoms with Crippen molar-refractivity contribution in [3.8, 4) is 0 Å². The molecule has 1 aliphatic rings. The molecule has 0 radical (unpaired) electrons. The molecule has 1 atom stereocenters. The standard InChI is InChI=1S/C17H29N3O/c1-14(2)10-17(20-6-8-21-9-7-20)13-18-12-16-5-4-15(3)11-19-16/h4-5,11,14,17-18H,6-10,12-13H2,1-3H3. The van der Waals surface area contributed by atoms with Gasteiger partial charge in [-0.1, -0.05) is 19.9 Å². The molecule has 0 amide bonds. The quantitative estimate of drug-likeness (QED) is 0.836. The summed E-state index contributed by atoms with van der Waals surface area (Å²) < 4.78 is 5.47. The smallest absolute Gasteiger partial charge is 0.0594 e. The second-order valence-corrected chi connectivity index (χ2v) is 6.39. The number of hydrogen-bond acceptors (Lipinski definition) is 4. The van der Waals surface area contributed by atoms with Crippen LogP contribution in [0.2, 0.25) is 0 Å². The van der Waals surface area contributed by atoms with Crippen molar-refractivity contribution in [1.29, 1.82) is 0 Å². The molecule has 1 fully saturated rings. The van der Waals surface area contributed by atoms with Crippen LogP contribution in [0, 0.1) is 12.8 Å². The van der Waals surface area contributed by atoms with Crippen LogP contribution in [0.3, 0.4) is 0 Å². The van der Waals surface area contributed by atoms with E-state index < -0.39 is 0 Å². The first-order chi connectivity index (χ1) is 10.1. The molecular weight excluding hydrogens is 262 g/mol. The zero-order valence-corrected chi connectivity index (χ0v) is 13.6. The predicted molar refractivity (Wildman–Crippen MR) is 86.3 cm³/mol. The van der Waals surface area contributed by atoms with Crippen LogP contribution in [0.15, 0.2) is 18.3 Å². The van der Waals surface area contributed by atoms with Gasteiger partial charge in [-0.15, -0.1) is 0 Å². The Labute approximate surface area is 128 Å². The zero-order valence-electron chi connectivity index (χ0n) is 13.6. The fraction of sp³-hybridized carbons (Fsp3) is 0.706. The summed E-state index contributed by atoms with van der Waals surface area (Å²) >= 11 is 0. The molecule has 0 spiro atoms. The highest BCUT2D eigenvalue weighted by molar-refractivity contribution is 5.11. The Hall–Kier alpha value is -0.970. The molecule has 1 aromatic heterocycles. The lowest BCUT2D eigenvalue weighted by molar-refractivity contribution is 0.0123. The topological polar surface area (TPSA) is 37.4 Å². The second-order valence-electron chi connectivity index (χ2n) is 6.39. The van der Waals surface area contributed by atoms with Gasteiger partial charge in [-0.3, -0.25) is 9.88 Å². The molecule has 1 aliphatic heterocycles. The molecule has 21 heavy (non-hydrogen) atoms. The van der Waals surface area contributed by atoms with Gasteiger partial charge in [0, 0.05) is 38.4 Å². The molecule has 0 aliphatic carbocycles. The van der Waals surface area contributed by atoms with Crippen molar-refractivity contribution in [2.24, 2.45) is 5.92 Å². The summed E-state index contributed by atoms with van der Waals surface area (Å²) in [6.07, 6.45) is 3.17. The monoisotopic (exact) mass is 291 g/mol. The number of ether oxygens (including phenoxy) is 1. The maximum Gasteiger partial charge on any atom is 0.0594 e. The maximum absolute atomic E-state index is 5.47. The number of aromatic nitrogens is 1. The summed E-state index contributed by atoms with van der Waals surface area (Å²) in [7, 11) is 0. The summed E-state index contributed by atoms with van der Waals surface area (Å²) in [5.74, 6) is 0.720. The number of nitrogens with one attached hydrogen (secondary N) is 1. The van der Waals surface area contributed by atoms with Crippen molar-refractivity contribution in [1.82, 2.24) is 15.2 Å². The Kier molecular flexibility index (Phi) is 6.61. The van der Waals surface area contributed by atoms with Gasteiger partial charge in [0.1, 0.15) is 0 Å². The first-order valence-corrected chi connectivity index (χ1v) is 8.09. The van der Waals surface area contributed by atoms with Crippen LogP contribution in [0.25, 0.3) is 0 Å². The van der Waals surface area contributed by atoms with Crippen LogP contribution in [-0.4, -0.2) is 48.8 Å². The molecule has 2 heterocycles. The zero-order chi connectivity index (χ0) is 15.1. The van der Waals surface area contributed by atoms with E-state index in [-0.39, 0.29) is 0 Å². The van der Waals surface area contributed by atoms with Gasteiger partial charge in [0.05, 0.1) is 18.9 Å². The summed E-state index contributed by atoms with van der Waals surface area (Å²) in [4.78, 5) is 7.02. The van der Waals surface area contributed by atoms with Crippen molar-refractivity contribution >= 4 is 0 Å². The maximum atomic E-state index is 5.47. The van der Waals surface area contributed by atoms with Gasteiger partial charge in [0.2, 0.25) is 0 Å². The highest BCUT2D eigenvalue weighted by Gasteiger charge is 2.21. The van der Waals surface area contributed by atoms with Crippen LogP contribution < -0.4 is 5.32 Å². The number of aryl methyl sites for hydroxylation is 1. The van der Waals surface area contributed by atoms with Gasteiger partial charge in [-0.05, 0) is 30.9 Å². The Morgan fingerprint density at radius 3 is 2.67 bits per heavy atom. The van der Waals surface area contributed by atoms with Gasteiger partial charge >= 0.3 is 0 Å². The predicted octanol–water partition coefficient (Wildman–Crippen LogP) is 2.23. The number of pyridine rings is 1. The molecule has 0 aromatic carbocycles. The van der Waals surface area contributed by atoms with Gasteiger partial charge in [-0.25, -0.2) is 0 Å². The molecule has 1 unspecified atom stereocenters. The van der Waals surface area contributed by atoms with Gasteiger partial charge in [0.15, 0.2) is 0 Å². The third-order valence-electron chi connectivity index (χ3n) is 3.96. The van der Waals surface area contributed by atoms with Crippen LogP contribution in [-0.2, 0) is 11.3 Å². The van der Waals surface area contributed by atoms with E-state index in [2.05, 4.69) is 48.1 Å². The molecule has 2 rings (SSSR count). The lowest BCUT2D eigenvalue weighted by Crippen LogP contribution is -2.48. The van der Waals surface area contributed by atoms with E-state index in [1.807, 2.05) is 6.20 Å². The third kappa shape index (κ3) is 5.73. The second kappa shape index (κ2) is 8.47. The molecule has 0 saturated carbocycles. The molecule has 118 valence electrons. The fourth-order valence-corrected chi connectivity index (χ4v) is 2.82. The van der Waals surface area contributed by atoms with Crippen molar-refractivity contribution < 1.29 is 4.74 Å². The minimum absolute atomic E-state index is 0.597. The summed E-state index contributed by atoms with van der Waals surface area (Å²) in [5, 5.41) is 3.58. The largest absolute Gasteiger partial charge is 0.379 e. The molecule has 4 heteroatoms. The minimum Gasteiger partial charge on any atom is -0.379 e. The average molecular weight is 291 g/mol. The molecule has 1 saturated heterocycles. The minimum atomic E-state index is 0.597. The van der Waals surface area contributed by atoms with Crippen LogP contribution >= 0.6 is 0 Å². The van der Waals surface area contributed by atoms with Crippen molar-refractivity contribution in [3.05, 3.63) is 29.6 Å². The molecule has 4 nitrogen and oxygen atoms in total. The van der Waals surface area contributed by atoms with Gasteiger partial charge in [0.25, 0.3) is 0 Å². The highest BCUT2D eigenvalue weighted by Crippen LogP contribution is 2.13. The summed E-state index contributed by atoms with van der Waals surface area (Å²) in [5.41, 5.74) is 2.33. The van der Waals surface area contributed by atoms with Crippen LogP contribution in [0.4, 0.5) is 0 Å². The Bertz CT molecular complexity index is 399. The van der Waals surface area contributed by atoms with E-state index in [4.69, 9.17) is 4.74 Å². The summed E-state index contributed by atoms with van der Waals surface area (Å²) in [6.45, 7) is 12.4. The Morgan fingerprint density at radius 1 is 1.29 bits per heavy atom. The highest BCUT2D eigenvalue weighted by atomic mass is 16.5. The third-order valence-corrected chi connectivity index (χ3v) is 3.96. The summed E-state index contributed by atoms with van der Waals surface area (Å²) in [6, 6.07) is 4.82. The lowest BCUT2D eigenvalue weighted by atomic mass is 10.0. The van der Waals surface area contributed by atoms with Crippen molar-refractivity contribution in [3.63, 3.8) is 0 Å². The van der Waals surface area contributed by atoms with E-state index in [0.29, 0.717) is 6.04 Å². The van der Waals surface area contributed by atoms with E-state index in [0.717, 1.165) is 51.0 Å². The number of morpholine rings is 1. The van der Waals surface area contributed by atoms with E-state index in [1.165, 1.54) is 12.0 Å².